The first-order chi connectivity index (χ1) is 19.5. The summed E-state index contributed by atoms with van der Waals surface area (Å²) in [6, 6.07) is 16.8. The number of nitrogens with zero attached hydrogens (tertiary/aromatic N) is 1. The van der Waals surface area contributed by atoms with Crippen molar-refractivity contribution in [1.29, 1.82) is 0 Å². The SMILES string of the molecule is COc1cc(NC(=O)N(Cc2cccc(OS(=O)(=O)c3cccc(C(F)(F)F)c3)c2)Cc2ccco2)cc(OC)c1. The van der Waals surface area contributed by atoms with Crippen molar-refractivity contribution in [3.63, 3.8) is 0 Å². The lowest BCUT2D eigenvalue weighted by Crippen LogP contribution is -2.34. The number of hydrogen-bond donors (Lipinski definition) is 1. The largest absolute Gasteiger partial charge is 0.497 e. The third-order valence-electron chi connectivity index (χ3n) is 5.74. The maximum absolute atomic E-state index is 13.3. The number of carbonyl (C=O) groups excluding carboxylic acids is 1. The molecule has 9 nitrogen and oxygen atoms in total. The molecule has 41 heavy (non-hydrogen) atoms. The smallest absolute Gasteiger partial charge is 0.416 e. The Morgan fingerprint density at radius 3 is 2.22 bits per heavy atom. The van der Waals surface area contributed by atoms with Crippen molar-refractivity contribution < 1.29 is 44.5 Å². The molecule has 2 amide bonds. The molecule has 0 fully saturated rings. The minimum Gasteiger partial charge on any atom is -0.497 e. The molecule has 0 radical (unpaired) electrons. The molecule has 0 unspecified atom stereocenters. The second kappa shape index (κ2) is 12.3. The van der Waals surface area contributed by atoms with Crippen LogP contribution in [0.2, 0.25) is 0 Å². The molecule has 0 bridgehead atoms. The molecule has 0 spiro atoms. The number of ether oxygens (including phenoxy) is 2. The molecule has 0 saturated carbocycles. The van der Waals surface area contributed by atoms with Crippen molar-refractivity contribution in [3.05, 3.63) is 102 Å². The standard InChI is InChI=1S/C28H25F3N2O7S/c1-37-24-14-21(15-25(16-24)38-2)32-27(34)33(18-23-9-5-11-39-23)17-19-6-3-8-22(12-19)40-41(35,36)26-10-4-7-20(13-26)28(29,30)31/h3-16H,17-18H2,1-2H3,(H,32,34). The lowest BCUT2D eigenvalue weighted by Gasteiger charge is -2.23. The molecular formula is C28H25F3N2O7S. The normalized spacial score (nSPS) is 11.5. The van der Waals surface area contributed by atoms with E-state index in [-0.39, 0.29) is 18.8 Å². The van der Waals surface area contributed by atoms with Gasteiger partial charge in [-0.25, -0.2) is 4.79 Å². The zero-order valence-electron chi connectivity index (χ0n) is 21.8. The Balaban J connectivity index is 1.56. The fourth-order valence-corrected chi connectivity index (χ4v) is 4.76. The summed E-state index contributed by atoms with van der Waals surface area (Å²) in [5.74, 6) is 1.27. The lowest BCUT2D eigenvalue weighted by atomic mass is 10.2. The van der Waals surface area contributed by atoms with E-state index in [4.69, 9.17) is 18.1 Å². The molecule has 0 aliphatic rings. The molecule has 1 N–H and O–H groups in total. The Morgan fingerprint density at radius 2 is 1.59 bits per heavy atom. The van der Waals surface area contributed by atoms with Crippen LogP contribution >= 0.6 is 0 Å². The van der Waals surface area contributed by atoms with E-state index in [9.17, 15) is 26.4 Å². The number of hydrogen-bond acceptors (Lipinski definition) is 7. The summed E-state index contributed by atoms with van der Waals surface area (Å²) < 4.78 is 85.8. The minimum atomic E-state index is -4.72. The van der Waals surface area contributed by atoms with E-state index in [2.05, 4.69) is 5.32 Å². The molecule has 1 aromatic heterocycles. The van der Waals surface area contributed by atoms with Gasteiger partial charge in [-0.1, -0.05) is 18.2 Å². The number of alkyl halides is 3. The Morgan fingerprint density at radius 1 is 0.878 bits per heavy atom. The zero-order chi connectivity index (χ0) is 29.6. The van der Waals surface area contributed by atoms with Crippen LogP contribution in [0.4, 0.5) is 23.7 Å². The third-order valence-corrected chi connectivity index (χ3v) is 6.99. The van der Waals surface area contributed by atoms with Crippen LogP contribution in [0.15, 0.2) is 94.4 Å². The van der Waals surface area contributed by atoms with Crippen molar-refractivity contribution in [2.75, 3.05) is 19.5 Å². The molecule has 1 heterocycles. The van der Waals surface area contributed by atoms with Gasteiger partial charge < -0.3 is 28.3 Å². The number of amides is 2. The number of benzene rings is 3. The quantitative estimate of drug-likeness (QED) is 0.216. The first kappa shape index (κ1) is 29.3. The summed E-state index contributed by atoms with van der Waals surface area (Å²) in [7, 11) is -1.63. The predicted molar refractivity (Wildman–Crippen MR) is 142 cm³/mol. The van der Waals surface area contributed by atoms with Gasteiger partial charge in [-0.3, -0.25) is 0 Å². The average molecular weight is 591 g/mol. The molecule has 0 saturated heterocycles. The van der Waals surface area contributed by atoms with Gasteiger partial charge in [-0.15, -0.1) is 0 Å². The third kappa shape index (κ3) is 7.72. The average Bonchev–Trinajstić information content (AvgIpc) is 3.45. The van der Waals surface area contributed by atoms with Crippen LogP contribution in [-0.2, 0) is 29.4 Å². The summed E-state index contributed by atoms with van der Waals surface area (Å²) in [5.41, 5.74) is -0.240. The molecule has 0 aliphatic heterocycles. The molecule has 4 aromatic rings. The highest BCUT2D eigenvalue weighted by molar-refractivity contribution is 7.87. The second-order valence-corrected chi connectivity index (χ2v) is 10.2. The van der Waals surface area contributed by atoms with E-state index < -0.39 is 32.8 Å². The van der Waals surface area contributed by atoms with Gasteiger partial charge in [0.2, 0.25) is 0 Å². The Labute approximate surface area is 234 Å². The number of nitrogens with one attached hydrogen (secondary N) is 1. The highest BCUT2D eigenvalue weighted by Crippen LogP contribution is 2.31. The number of methoxy groups -OCH3 is 2. The first-order valence-corrected chi connectivity index (χ1v) is 13.4. The van der Waals surface area contributed by atoms with Gasteiger partial charge >= 0.3 is 22.3 Å². The number of furan rings is 1. The topological polar surface area (TPSA) is 107 Å². The van der Waals surface area contributed by atoms with Crippen molar-refractivity contribution in [3.8, 4) is 17.2 Å². The molecule has 4 rings (SSSR count). The number of rotatable bonds is 10. The second-order valence-electron chi connectivity index (χ2n) is 8.68. The zero-order valence-corrected chi connectivity index (χ0v) is 22.7. The van der Waals surface area contributed by atoms with E-state index >= 15 is 0 Å². The summed E-state index contributed by atoms with van der Waals surface area (Å²) in [6.45, 7) is 0.0575. The van der Waals surface area contributed by atoms with Crippen LogP contribution in [0.25, 0.3) is 0 Å². The molecular weight excluding hydrogens is 565 g/mol. The van der Waals surface area contributed by atoms with E-state index in [0.29, 0.717) is 34.6 Å². The number of urea groups is 1. The summed E-state index contributed by atoms with van der Waals surface area (Å²) in [6.07, 6.45) is -3.26. The van der Waals surface area contributed by atoms with Gasteiger partial charge in [-0.2, -0.15) is 21.6 Å². The van der Waals surface area contributed by atoms with Crippen molar-refractivity contribution >= 4 is 21.8 Å². The fourth-order valence-electron chi connectivity index (χ4n) is 3.79. The Kier molecular flexibility index (Phi) is 8.77. The first-order valence-electron chi connectivity index (χ1n) is 12.0. The van der Waals surface area contributed by atoms with Crippen LogP contribution in [0.3, 0.4) is 0 Å². The highest BCUT2D eigenvalue weighted by Gasteiger charge is 2.32. The lowest BCUT2D eigenvalue weighted by molar-refractivity contribution is -0.137. The minimum absolute atomic E-state index is 0.00551. The van der Waals surface area contributed by atoms with Gasteiger partial charge in [0.15, 0.2) is 0 Å². The number of anilines is 1. The van der Waals surface area contributed by atoms with E-state index in [1.54, 1.807) is 36.4 Å². The van der Waals surface area contributed by atoms with Crippen molar-refractivity contribution in [1.82, 2.24) is 4.90 Å². The van der Waals surface area contributed by atoms with Gasteiger partial charge in [0, 0.05) is 30.4 Å². The summed E-state index contributed by atoms with van der Waals surface area (Å²) >= 11 is 0. The monoisotopic (exact) mass is 590 g/mol. The summed E-state index contributed by atoms with van der Waals surface area (Å²) in [5, 5.41) is 2.78. The van der Waals surface area contributed by atoms with E-state index in [1.807, 2.05) is 0 Å². The Hall–Kier alpha value is -4.65. The van der Waals surface area contributed by atoms with Gasteiger partial charge in [0.1, 0.15) is 27.9 Å². The molecule has 0 atom stereocenters. The van der Waals surface area contributed by atoms with Crippen LogP contribution < -0.4 is 19.0 Å². The predicted octanol–water partition coefficient (Wildman–Crippen LogP) is 6.32. The summed E-state index contributed by atoms with van der Waals surface area (Å²) in [4.78, 5) is 14.1. The van der Waals surface area contributed by atoms with Crippen LogP contribution in [-0.4, -0.2) is 33.6 Å². The maximum Gasteiger partial charge on any atom is 0.416 e. The van der Waals surface area contributed by atoms with E-state index in [1.165, 1.54) is 43.6 Å². The Bertz CT molecular complexity index is 1580. The highest BCUT2D eigenvalue weighted by atomic mass is 32.2. The van der Waals surface area contributed by atoms with Gasteiger partial charge in [0.25, 0.3) is 0 Å². The van der Waals surface area contributed by atoms with Crippen LogP contribution in [0.5, 0.6) is 17.2 Å². The fraction of sp³-hybridized carbons (Fsp3) is 0.179. The van der Waals surface area contributed by atoms with Crippen LogP contribution in [0, 0.1) is 0 Å². The van der Waals surface area contributed by atoms with Crippen LogP contribution in [0.1, 0.15) is 16.9 Å². The van der Waals surface area contributed by atoms with Crippen molar-refractivity contribution in [2.24, 2.45) is 0 Å². The molecule has 0 aliphatic carbocycles. The number of halogens is 3. The van der Waals surface area contributed by atoms with Crippen molar-refractivity contribution in [2.45, 2.75) is 24.2 Å². The maximum atomic E-state index is 13.3. The van der Waals surface area contributed by atoms with Gasteiger partial charge in [0.05, 0.1) is 32.6 Å². The molecule has 216 valence electrons. The van der Waals surface area contributed by atoms with Gasteiger partial charge in [-0.05, 0) is 48.0 Å². The van der Waals surface area contributed by atoms with E-state index in [0.717, 1.165) is 18.2 Å². The number of carbonyl (C=O) groups is 1. The molecule has 3 aromatic carbocycles. The molecule has 13 heteroatoms.